The summed E-state index contributed by atoms with van der Waals surface area (Å²) in [4.78, 5) is 18.6. The number of hydrogen-bond acceptors (Lipinski definition) is 7. The Labute approximate surface area is 95.8 Å². The van der Waals surface area contributed by atoms with Gasteiger partial charge >= 0.3 is 0 Å². The number of hydrogen-bond donors (Lipinski definition) is 1. The molecule has 2 aromatic rings. The summed E-state index contributed by atoms with van der Waals surface area (Å²) < 4.78 is 6.92. The lowest BCUT2D eigenvalue weighted by Crippen LogP contribution is -2.12. The van der Waals surface area contributed by atoms with E-state index in [1.807, 2.05) is 0 Å². The number of nitrogens with zero attached hydrogens (tertiary/aromatic N) is 5. The van der Waals surface area contributed by atoms with Crippen molar-refractivity contribution in [3.8, 4) is 0 Å². The van der Waals surface area contributed by atoms with E-state index in [1.165, 1.54) is 6.33 Å². The van der Waals surface area contributed by atoms with Crippen LogP contribution in [0.5, 0.6) is 0 Å². The summed E-state index contributed by atoms with van der Waals surface area (Å²) in [6.07, 6.45) is 2.36. The Kier molecular flexibility index (Phi) is 2.22. The number of nitrogen functional groups attached to an aromatic ring is 1. The van der Waals surface area contributed by atoms with Crippen molar-refractivity contribution in [1.82, 2.24) is 25.0 Å². The minimum Gasteiger partial charge on any atom is -0.382 e. The van der Waals surface area contributed by atoms with E-state index in [-0.39, 0.29) is 12.1 Å². The van der Waals surface area contributed by atoms with E-state index in [4.69, 9.17) is 10.5 Å². The van der Waals surface area contributed by atoms with E-state index in [2.05, 4.69) is 20.3 Å². The van der Waals surface area contributed by atoms with Crippen LogP contribution in [0.3, 0.4) is 0 Å². The number of aldehydes is 1. The molecule has 2 N–H and O–H groups in total. The quantitative estimate of drug-likeness (QED) is 0.686. The predicted octanol–water partition coefficient (Wildman–Crippen LogP) is -0.668. The van der Waals surface area contributed by atoms with Gasteiger partial charge in [-0.25, -0.2) is 14.6 Å². The molecule has 0 amide bonds. The molecule has 0 aliphatic carbocycles. The smallest absolute Gasteiger partial charge is 0.184 e. The molecule has 1 aliphatic heterocycles. The fourth-order valence-corrected chi connectivity index (χ4v) is 1.93. The van der Waals surface area contributed by atoms with Crippen LogP contribution in [0.2, 0.25) is 0 Å². The van der Waals surface area contributed by atoms with E-state index >= 15 is 0 Å². The highest BCUT2D eigenvalue weighted by Gasteiger charge is 2.29. The Morgan fingerprint density at radius 2 is 2.41 bits per heavy atom. The molecular weight excluding hydrogens is 224 g/mol. The van der Waals surface area contributed by atoms with Gasteiger partial charge in [-0.2, -0.15) is 0 Å². The minimum absolute atomic E-state index is 0.0375. The van der Waals surface area contributed by atoms with Crippen molar-refractivity contribution in [2.45, 2.75) is 18.6 Å². The zero-order valence-electron chi connectivity index (χ0n) is 8.85. The molecule has 1 aliphatic rings. The van der Waals surface area contributed by atoms with Gasteiger partial charge in [-0.05, 0) is 0 Å². The van der Waals surface area contributed by atoms with Gasteiger partial charge in [-0.15, -0.1) is 5.10 Å². The molecule has 0 saturated carbocycles. The van der Waals surface area contributed by atoms with Crippen molar-refractivity contribution in [2.24, 2.45) is 0 Å². The van der Waals surface area contributed by atoms with Crippen molar-refractivity contribution in [1.29, 1.82) is 0 Å². The number of fused-ring (bicyclic) bond motifs is 1. The second-order valence-corrected chi connectivity index (χ2v) is 3.86. The maximum atomic E-state index is 10.6. The van der Waals surface area contributed by atoms with Crippen molar-refractivity contribution in [3.05, 3.63) is 6.33 Å². The number of rotatable bonds is 2. The van der Waals surface area contributed by atoms with Gasteiger partial charge in [-0.1, -0.05) is 5.21 Å². The molecule has 17 heavy (non-hydrogen) atoms. The van der Waals surface area contributed by atoms with Crippen LogP contribution >= 0.6 is 0 Å². The summed E-state index contributed by atoms with van der Waals surface area (Å²) in [7, 11) is 0. The van der Waals surface area contributed by atoms with Crippen molar-refractivity contribution < 1.29 is 9.53 Å². The molecule has 0 aromatic carbocycles. The highest BCUT2D eigenvalue weighted by atomic mass is 16.5. The Balaban J connectivity index is 2.01. The Morgan fingerprint density at radius 1 is 1.53 bits per heavy atom. The first-order valence-corrected chi connectivity index (χ1v) is 5.18. The van der Waals surface area contributed by atoms with Crippen LogP contribution < -0.4 is 5.73 Å². The molecule has 3 heterocycles. The fraction of sp³-hybridized carbons (Fsp3) is 0.444. The number of nitrogens with two attached hydrogens (primary N) is 1. The normalized spacial score (nSPS) is 24.2. The SMILES string of the molecule is Nc1ncnc2c1nnn2[C@H]1CO[C@@H](C=O)C1. The Bertz CT molecular complexity index is 568. The summed E-state index contributed by atoms with van der Waals surface area (Å²) in [5.74, 6) is 0.298. The van der Waals surface area contributed by atoms with E-state index in [0.29, 0.717) is 30.0 Å². The topological polar surface area (TPSA) is 109 Å². The summed E-state index contributed by atoms with van der Waals surface area (Å²) in [5, 5.41) is 7.93. The first-order valence-electron chi connectivity index (χ1n) is 5.18. The third-order valence-electron chi connectivity index (χ3n) is 2.79. The Morgan fingerprint density at radius 3 is 3.18 bits per heavy atom. The molecule has 8 heteroatoms. The number of ether oxygens (including phenoxy) is 1. The largest absolute Gasteiger partial charge is 0.382 e. The monoisotopic (exact) mass is 234 g/mol. The maximum absolute atomic E-state index is 10.6. The van der Waals surface area contributed by atoms with Gasteiger partial charge in [0.15, 0.2) is 17.0 Å². The summed E-state index contributed by atoms with van der Waals surface area (Å²) in [6.45, 7) is 0.422. The molecule has 3 rings (SSSR count). The van der Waals surface area contributed by atoms with E-state index in [1.54, 1.807) is 4.68 Å². The van der Waals surface area contributed by atoms with Gasteiger partial charge in [0, 0.05) is 6.42 Å². The van der Waals surface area contributed by atoms with Gasteiger partial charge in [0.25, 0.3) is 0 Å². The molecule has 1 saturated heterocycles. The van der Waals surface area contributed by atoms with Crippen LogP contribution in [-0.4, -0.2) is 44.0 Å². The highest BCUT2D eigenvalue weighted by Crippen LogP contribution is 2.25. The van der Waals surface area contributed by atoms with Crippen LogP contribution in [0.15, 0.2) is 6.33 Å². The zero-order valence-corrected chi connectivity index (χ0v) is 8.85. The van der Waals surface area contributed by atoms with Gasteiger partial charge in [0.05, 0.1) is 12.6 Å². The van der Waals surface area contributed by atoms with E-state index < -0.39 is 0 Å². The van der Waals surface area contributed by atoms with Crippen LogP contribution in [0.1, 0.15) is 12.5 Å². The minimum atomic E-state index is -0.376. The number of anilines is 1. The highest BCUT2D eigenvalue weighted by molar-refractivity contribution is 5.80. The van der Waals surface area contributed by atoms with Crippen LogP contribution in [0.25, 0.3) is 11.2 Å². The van der Waals surface area contributed by atoms with Gasteiger partial charge in [0.1, 0.15) is 18.7 Å². The maximum Gasteiger partial charge on any atom is 0.184 e. The first-order chi connectivity index (χ1) is 8.29. The lowest BCUT2D eigenvalue weighted by molar-refractivity contribution is -0.115. The lowest BCUT2D eigenvalue weighted by Gasteiger charge is -2.07. The second kappa shape index (κ2) is 3.74. The molecule has 0 unspecified atom stereocenters. The van der Waals surface area contributed by atoms with Gasteiger partial charge < -0.3 is 15.3 Å². The molecular formula is C9H10N6O2. The lowest BCUT2D eigenvalue weighted by atomic mass is 10.2. The number of carbonyl (C=O) groups is 1. The van der Waals surface area contributed by atoms with Crippen LogP contribution in [0.4, 0.5) is 5.82 Å². The molecule has 88 valence electrons. The van der Waals surface area contributed by atoms with Gasteiger partial charge in [-0.3, -0.25) is 0 Å². The fourth-order valence-electron chi connectivity index (χ4n) is 1.93. The predicted molar refractivity (Wildman–Crippen MR) is 57.0 cm³/mol. The average Bonchev–Trinajstić information content (AvgIpc) is 2.94. The first kappa shape index (κ1) is 10.1. The van der Waals surface area contributed by atoms with Crippen LogP contribution in [-0.2, 0) is 9.53 Å². The molecule has 0 spiro atoms. The van der Waals surface area contributed by atoms with E-state index in [0.717, 1.165) is 6.29 Å². The molecule has 8 nitrogen and oxygen atoms in total. The second-order valence-electron chi connectivity index (χ2n) is 3.86. The standard InChI is InChI=1S/C9H10N6O2/c10-8-7-9(12-4-11-8)15(14-13-7)5-1-6(2-16)17-3-5/h2,4-6H,1,3H2,(H2,10,11,12)/t5-,6-/m1/s1. The Hall–Kier alpha value is -2.09. The summed E-state index contributed by atoms with van der Waals surface area (Å²) in [5.41, 5.74) is 6.71. The third-order valence-corrected chi connectivity index (χ3v) is 2.79. The molecule has 1 fully saturated rings. The van der Waals surface area contributed by atoms with Gasteiger partial charge in [0.2, 0.25) is 0 Å². The van der Waals surface area contributed by atoms with Crippen molar-refractivity contribution >= 4 is 23.3 Å². The summed E-state index contributed by atoms with van der Waals surface area (Å²) >= 11 is 0. The third kappa shape index (κ3) is 1.53. The number of carbonyl (C=O) groups excluding carboxylic acids is 1. The molecule has 2 atom stereocenters. The molecule has 0 bridgehead atoms. The molecule has 2 aromatic heterocycles. The molecule has 0 radical (unpaired) electrons. The summed E-state index contributed by atoms with van der Waals surface area (Å²) in [6, 6.07) is -0.0375. The average molecular weight is 234 g/mol. The van der Waals surface area contributed by atoms with Crippen LogP contribution in [0, 0.1) is 0 Å². The van der Waals surface area contributed by atoms with Crippen molar-refractivity contribution in [2.75, 3.05) is 12.3 Å². The van der Waals surface area contributed by atoms with E-state index in [9.17, 15) is 4.79 Å². The van der Waals surface area contributed by atoms with Crippen molar-refractivity contribution in [3.63, 3.8) is 0 Å². The number of aromatic nitrogens is 5. The zero-order chi connectivity index (χ0) is 11.8.